The lowest BCUT2D eigenvalue weighted by Gasteiger charge is -2.35. The van der Waals surface area contributed by atoms with Crippen LogP contribution >= 0.6 is 23.2 Å². The lowest BCUT2D eigenvalue weighted by Crippen LogP contribution is -2.41. The summed E-state index contributed by atoms with van der Waals surface area (Å²) < 4.78 is 7.56. The van der Waals surface area contributed by atoms with E-state index in [1.807, 2.05) is 22.9 Å². The molecule has 0 spiro atoms. The molecule has 1 aromatic carbocycles. The van der Waals surface area contributed by atoms with Crippen molar-refractivity contribution < 1.29 is 4.74 Å². The van der Waals surface area contributed by atoms with Crippen molar-refractivity contribution in [3.8, 4) is 0 Å². The van der Waals surface area contributed by atoms with Crippen molar-refractivity contribution in [2.24, 2.45) is 0 Å². The van der Waals surface area contributed by atoms with Crippen molar-refractivity contribution in [2.75, 3.05) is 26.3 Å². The fourth-order valence-corrected chi connectivity index (χ4v) is 4.65. The van der Waals surface area contributed by atoms with E-state index in [-0.39, 0.29) is 6.04 Å². The highest BCUT2D eigenvalue weighted by molar-refractivity contribution is 6.36. The van der Waals surface area contributed by atoms with Gasteiger partial charge < -0.3 is 4.74 Å². The summed E-state index contributed by atoms with van der Waals surface area (Å²) in [6, 6.07) is 5.81. The van der Waals surface area contributed by atoms with E-state index in [0.29, 0.717) is 29.3 Å². The van der Waals surface area contributed by atoms with E-state index in [1.54, 1.807) is 0 Å². The molecular weight excluding hydrogens is 373 g/mol. The number of nitrogens with zero attached hydrogens (tertiary/aromatic N) is 5. The molecule has 26 heavy (non-hydrogen) atoms. The summed E-state index contributed by atoms with van der Waals surface area (Å²) in [6.45, 7) is 2.96. The normalized spacial score (nSPS) is 21.0. The van der Waals surface area contributed by atoms with Crippen LogP contribution in [-0.4, -0.2) is 51.4 Å². The Labute approximate surface area is 163 Å². The summed E-state index contributed by atoms with van der Waals surface area (Å²) in [5.74, 6) is 0.828. The van der Waals surface area contributed by atoms with E-state index in [0.717, 1.165) is 37.3 Å². The Hall–Kier alpha value is -1.21. The molecule has 0 amide bonds. The third-order valence-electron chi connectivity index (χ3n) is 5.37. The van der Waals surface area contributed by atoms with Crippen LogP contribution in [0.4, 0.5) is 0 Å². The molecular formula is C18H23Cl2N5O. The number of hydrogen-bond donors (Lipinski definition) is 0. The molecule has 6 nitrogen and oxygen atoms in total. The zero-order valence-corrected chi connectivity index (χ0v) is 16.2. The summed E-state index contributed by atoms with van der Waals surface area (Å²) >= 11 is 13.2. The van der Waals surface area contributed by atoms with E-state index >= 15 is 0 Å². The Bertz CT molecular complexity index is 721. The van der Waals surface area contributed by atoms with Crippen LogP contribution in [-0.2, 0) is 4.74 Å². The van der Waals surface area contributed by atoms with E-state index in [2.05, 4.69) is 20.4 Å². The van der Waals surface area contributed by atoms with Gasteiger partial charge in [-0.2, -0.15) is 0 Å². The minimum atomic E-state index is -0.169. The highest BCUT2D eigenvalue weighted by Crippen LogP contribution is 2.39. The van der Waals surface area contributed by atoms with Gasteiger partial charge in [0.05, 0.1) is 19.3 Å². The summed E-state index contributed by atoms with van der Waals surface area (Å²) in [6.07, 6.45) is 5.96. The van der Waals surface area contributed by atoms with Gasteiger partial charge in [-0.1, -0.05) is 48.5 Å². The molecule has 2 fully saturated rings. The fourth-order valence-electron chi connectivity index (χ4n) is 4.05. The lowest BCUT2D eigenvalue weighted by atomic mass is 9.95. The second-order valence-corrected chi connectivity index (χ2v) is 7.77. The quantitative estimate of drug-likeness (QED) is 0.785. The van der Waals surface area contributed by atoms with Crippen molar-refractivity contribution in [1.82, 2.24) is 25.1 Å². The average molecular weight is 396 g/mol. The largest absolute Gasteiger partial charge is 0.379 e. The lowest BCUT2D eigenvalue weighted by molar-refractivity contribution is 0.0211. The second-order valence-electron chi connectivity index (χ2n) is 6.96. The summed E-state index contributed by atoms with van der Waals surface area (Å²) in [5.41, 5.74) is 0.879. The maximum absolute atomic E-state index is 6.58. The molecule has 0 bridgehead atoms. The molecule has 1 aliphatic carbocycles. The third-order valence-corrected chi connectivity index (χ3v) is 6.03. The van der Waals surface area contributed by atoms with E-state index in [4.69, 9.17) is 27.9 Å². The van der Waals surface area contributed by atoms with Crippen LogP contribution in [0.2, 0.25) is 10.0 Å². The fraction of sp³-hybridized carbons (Fsp3) is 0.611. The number of tetrazole rings is 1. The number of aromatic nitrogens is 4. The first-order chi connectivity index (χ1) is 12.8. The topological polar surface area (TPSA) is 56.1 Å². The number of ether oxygens (including phenoxy) is 1. The first kappa shape index (κ1) is 18.2. The summed E-state index contributed by atoms with van der Waals surface area (Å²) in [5, 5.41) is 14.1. The van der Waals surface area contributed by atoms with Gasteiger partial charge in [0.1, 0.15) is 6.04 Å². The van der Waals surface area contributed by atoms with Gasteiger partial charge in [-0.3, -0.25) is 4.90 Å². The van der Waals surface area contributed by atoms with Crippen molar-refractivity contribution in [2.45, 2.75) is 44.2 Å². The van der Waals surface area contributed by atoms with Gasteiger partial charge in [-0.25, -0.2) is 4.68 Å². The molecule has 1 aliphatic heterocycles. The standard InChI is InChI=1S/C18H23Cl2N5O/c19-14-7-4-8-15(20)16(14)17(24-9-11-26-12-10-24)18-21-22-23-25(18)13-5-2-1-3-6-13/h4,7-8,13,17H,1-3,5-6,9-12H2/t17-/m1/s1. The van der Waals surface area contributed by atoms with Crippen LogP contribution < -0.4 is 0 Å². The molecule has 0 N–H and O–H groups in total. The molecule has 4 rings (SSSR count). The van der Waals surface area contributed by atoms with Crippen LogP contribution in [0.15, 0.2) is 18.2 Å². The molecule has 140 valence electrons. The van der Waals surface area contributed by atoms with Crippen LogP contribution in [0.3, 0.4) is 0 Å². The second kappa shape index (κ2) is 8.21. The van der Waals surface area contributed by atoms with Gasteiger partial charge in [-0.15, -0.1) is 5.10 Å². The molecule has 1 atom stereocenters. The smallest absolute Gasteiger partial charge is 0.173 e. The van der Waals surface area contributed by atoms with Gasteiger partial charge >= 0.3 is 0 Å². The molecule has 2 aliphatic rings. The third kappa shape index (κ3) is 3.60. The van der Waals surface area contributed by atoms with Crippen LogP contribution in [0, 0.1) is 0 Å². The van der Waals surface area contributed by atoms with Gasteiger partial charge in [-0.05, 0) is 35.4 Å². The van der Waals surface area contributed by atoms with Crippen molar-refractivity contribution in [1.29, 1.82) is 0 Å². The predicted molar refractivity (Wildman–Crippen MR) is 101 cm³/mol. The van der Waals surface area contributed by atoms with Crippen molar-refractivity contribution in [3.05, 3.63) is 39.6 Å². The minimum Gasteiger partial charge on any atom is -0.379 e. The minimum absolute atomic E-state index is 0.169. The van der Waals surface area contributed by atoms with Gasteiger partial charge in [0.25, 0.3) is 0 Å². The van der Waals surface area contributed by atoms with Crippen molar-refractivity contribution >= 4 is 23.2 Å². The monoisotopic (exact) mass is 395 g/mol. The van der Waals surface area contributed by atoms with E-state index < -0.39 is 0 Å². The Morgan fingerprint density at radius 1 is 1.04 bits per heavy atom. The van der Waals surface area contributed by atoms with Crippen LogP contribution in [0.25, 0.3) is 0 Å². The maximum Gasteiger partial charge on any atom is 0.173 e. The number of rotatable bonds is 4. The summed E-state index contributed by atoms with van der Waals surface area (Å²) in [4.78, 5) is 2.32. The predicted octanol–water partition coefficient (Wildman–Crippen LogP) is 3.91. The molecule has 8 heteroatoms. The molecule has 0 radical (unpaired) electrons. The Morgan fingerprint density at radius 2 is 1.73 bits per heavy atom. The zero-order valence-electron chi connectivity index (χ0n) is 14.7. The number of morpholine rings is 1. The number of halogens is 2. The van der Waals surface area contributed by atoms with Gasteiger partial charge in [0.2, 0.25) is 0 Å². The van der Waals surface area contributed by atoms with Crippen molar-refractivity contribution in [3.63, 3.8) is 0 Å². The average Bonchev–Trinajstić information content (AvgIpc) is 3.15. The highest BCUT2D eigenvalue weighted by Gasteiger charge is 2.34. The molecule has 0 unspecified atom stereocenters. The first-order valence-corrected chi connectivity index (χ1v) is 10.0. The highest BCUT2D eigenvalue weighted by atomic mass is 35.5. The molecule has 1 saturated heterocycles. The molecule has 1 saturated carbocycles. The van der Waals surface area contributed by atoms with Gasteiger partial charge in [0, 0.05) is 28.7 Å². The summed E-state index contributed by atoms with van der Waals surface area (Å²) in [7, 11) is 0. The molecule has 2 heterocycles. The van der Waals surface area contributed by atoms with E-state index in [1.165, 1.54) is 19.3 Å². The number of benzene rings is 1. The molecule has 1 aromatic heterocycles. The molecule has 2 aromatic rings. The Balaban J connectivity index is 1.78. The van der Waals surface area contributed by atoms with Crippen LogP contribution in [0.5, 0.6) is 0 Å². The first-order valence-electron chi connectivity index (χ1n) is 9.29. The Kier molecular flexibility index (Phi) is 5.74. The van der Waals surface area contributed by atoms with Gasteiger partial charge in [0.15, 0.2) is 5.82 Å². The van der Waals surface area contributed by atoms with E-state index in [9.17, 15) is 0 Å². The van der Waals surface area contributed by atoms with Crippen LogP contribution in [0.1, 0.15) is 55.6 Å². The SMILES string of the molecule is Clc1cccc(Cl)c1[C@H](c1nnnn1C1CCCCC1)N1CCOCC1. The Morgan fingerprint density at radius 3 is 2.42 bits per heavy atom. The zero-order chi connectivity index (χ0) is 17.9. The number of hydrogen-bond acceptors (Lipinski definition) is 5. The maximum atomic E-state index is 6.58.